The summed E-state index contributed by atoms with van der Waals surface area (Å²) < 4.78 is 12.5. The van der Waals surface area contributed by atoms with Crippen LogP contribution in [-0.2, 0) is 33.7 Å². The first-order valence-electron chi connectivity index (χ1n) is 21.9. The molecule has 2 aromatic carbocycles. The van der Waals surface area contributed by atoms with Gasteiger partial charge in [0.15, 0.2) is 17.5 Å². The Morgan fingerprint density at radius 2 is 1.84 bits per heavy atom. The van der Waals surface area contributed by atoms with Crippen molar-refractivity contribution >= 4 is 45.5 Å². The number of ether oxygens (including phenoxy) is 2. The van der Waals surface area contributed by atoms with Crippen molar-refractivity contribution in [3.05, 3.63) is 64.7 Å². The highest BCUT2D eigenvalue weighted by Gasteiger charge is 2.44. The van der Waals surface area contributed by atoms with Crippen LogP contribution < -0.4 is 15.8 Å². The SMILES string of the molecule is CC(=O)O[C@H]1CCc2cc(c(O)c3c2C=C[C@@H]2CCC[C@@H]2O3)CN2C[C@@](Cc3ccccc3)(CCN=C(N)NC3(CCCC3)SSCCCCCC[C@H](O)C1)CC2=O. The number of aryl methyl sites for hydroxylation is 1. The highest BCUT2D eigenvalue weighted by atomic mass is 33.1. The molecular weight excluding hydrogens is 769 g/mol. The number of aromatic hydroxyl groups is 1. The molecule has 1 amide bonds. The van der Waals surface area contributed by atoms with Crippen LogP contribution in [0.2, 0.25) is 0 Å². The maximum Gasteiger partial charge on any atom is 0.302 e. The molecule has 4 bridgehead atoms. The summed E-state index contributed by atoms with van der Waals surface area (Å²) in [5.41, 5.74) is 9.92. The fourth-order valence-corrected chi connectivity index (χ4v) is 13.1. The summed E-state index contributed by atoms with van der Waals surface area (Å²) >= 11 is 0. The maximum atomic E-state index is 14.1. The second kappa shape index (κ2) is 19.8. The third-order valence-corrected chi connectivity index (χ3v) is 16.2. The molecule has 5 aliphatic rings. The van der Waals surface area contributed by atoms with E-state index in [1.54, 1.807) is 0 Å². The minimum absolute atomic E-state index is 0.0141. The van der Waals surface area contributed by atoms with Crippen LogP contribution in [0.1, 0.15) is 132 Å². The lowest BCUT2D eigenvalue weighted by molar-refractivity contribution is -0.148. The van der Waals surface area contributed by atoms with Gasteiger partial charge in [-0.25, -0.2) is 0 Å². The summed E-state index contributed by atoms with van der Waals surface area (Å²) in [6.07, 6.45) is 18.9. The fraction of sp³-hybridized carbons (Fsp3) is 0.630. The molecule has 12 heteroatoms. The van der Waals surface area contributed by atoms with Crippen molar-refractivity contribution in [2.24, 2.45) is 22.1 Å². The summed E-state index contributed by atoms with van der Waals surface area (Å²) in [5.74, 6) is 2.07. The smallest absolute Gasteiger partial charge is 0.302 e. The molecule has 0 unspecified atom stereocenters. The van der Waals surface area contributed by atoms with Gasteiger partial charge in [-0.3, -0.25) is 14.6 Å². The van der Waals surface area contributed by atoms with E-state index in [1.165, 1.54) is 12.5 Å². The van der Waals surface area contributed by atoms with Gasteiger partial charge in [0.05, 0.1) is 11.0 Å². The van der Waals surface area contributed by atoms with Crippen molar-refractivity contribution in [1.29, 1.82) is 0 Å². The van der Waals surface area contributed by atoms with E-state index in [9.17, 15) is 19.8 Å². The highest BCUT2D eigenvalue weighted by Crippen LogP contribution is 2.47. The molecule has 316 valence electrons. The van der Waals surface area contributed by atoms with Gasteiger partial charge in [-0.15, -0.1) is 0 Å². The molecule has 2 saturated carbocycles. The summed E-state index contributed by atoms with van der Waals surface area (Å²) in [7, 11) is 3.81. The van der Waals surface area contributed by atoms with Crippen LogP contribution in [0, 0.1) is 11.3 Å². The number of amides is 1. The number of guanidine groups is 1. The predicted octanol–water partition coefficient (Wildman–Crippen LogP) is 8.45. The average molecular weight is 833 g/mol. The molecule has 1 saturated heterocycles. The van der Waals surface area contributed by atoms with Gasteiger partial charge in [-0.05, 0) is 87.8 Å². The minimum atomic E-state index is -0.569. The lowest BCUT2D eigenvalue weighted by Crippen LogP contribution is -2.47. The number of rotatable bonds is 3. The number of hydrogen-bond acceptors (Lipinski definition) is 11. The molecule has 7 rings (SSSR count). The Bertz CT molecular complexity index is 1780. The van der Waals surface area contributed by atoms with Crippen LogP contribution in [0.4, 0.5) is 0 Å². The Labute approximate surface area is 353 Å². The molecule has 3 heterocycles. The van der Waals surface area contributed by atoms with Gasteiger partial charge < -0.3 is 35.6 Å². The van der Waals surface area contributed by atoms with Gasteiger partial charge in [0.2, 0.25) is 5.91 Å². The van der Waals surface area contributed by atoms with Gasteiger partial charge in [-0.2, -0.15) is 0 Å². The van der Waals surface area contributed by atoms with E-state index in [0.717, 1.165) is 93.9 Å². The number of carbonyl (C=O) groups excluding carboxylic acids is 2. The zero-order valence-electron chi connectivity index (χ0n) is 34.3. The van der Waals surface area contributed by atoms with E-state index < -0.39 is 12.2 Å². The fourth-order valence-electron chi connectivity index (χ4n) is 9.94. The highest BCUT2D eigenvalue weighted by molar-refractivity contribution is 8.77. The van der Waals surface area contributed by atoms with Gasteiger partial charge in [0.25, 0.3) is 0 Å². The molecule has 3 aliphatic heterocycles. The normalized spacial score (nSPS) is 28.8. The standard InChI is InChI=1S/C46H64N4O6S2/c1-32(51)55-38-19-17-35-26-36(42(54)43-39(35)20-18-34-14-11-16-40(34)56-43)30-50-31-45(29-41(50)53,28-33-12-5-4-6-13-33)23-24-48-44(47)49-46(21-8-9-22-46)58-57-25-10-3-2-7-15-37(52)27-38/h4-6,12-13,18,20,26,34,37-38,40,52,54H,2-3,7-11,14-17,19,21-25,27-31H2,1H3,(H3,47,48,49)/t34-,37-,38-,40-,45+/m0/s1. The number of carbonyl (C=O) groups is 2. The molecule has 2 aliphatic carbocycles. The van der Waals surface area contributed by atoms with Gasteiger partial charge >= 0.3 is 5.97 Å². The molecule has 2 aromatic rings. The first-order valence-corrected chi connectivity index (χ1v) is 24.2. The molecule has 0 aromatic heterocycles. The third-order valence-electron chi connectivity index (χ3n) is 13.0. The Balaban J connectivity index is 1.19. The number of nitrogens with zero attached hydrogens (tertiary/aromatic N) is 2. The van der Waals surface area contributed by atoms with E-state index in [4.69, 9.17) is 20.2 Å². The van der Waals surface area contributed by atoms with Crippen molar-refractivity contribution in [3.63, 3.8) is 0 Å². The van der Waals surface area contributed by atoms with Crippen LogP contribution >= 0.6 is 21.6 Å². The number of hydrogen-bond donors (Lipinski definition) is 4. The summed E-state index contributed by atoms with van der Waals surface area (Å²) in [6.45, 7) is 2.72. The number of benzene rings is 2. The van der Waals surface area contributed by atoms with Crippen LogP contribution in [0.25, 0.3) is 6.08 Å². The Hall–Kier alpha value is -3.35. The predicted molar refractivity (Wildman–Crippen MR) is 235 cm³/mol. The Morgan fingerprint density at radius 1 is 1.03 bits per heavy atom. The Kier molecular flexibility index (Phi) is 14.6. The summed E-state index contributed by atoms with van der Waals surface area (Å²) in [5, 5.41) is 26.7. The molecular formula is C46H64N4O6S2. The minimum Gasteiger partial charge on any atom is -0.504 e. The zero-order valence-corrected chi connectivity index (χ0v) is 35.9. The van der Waals surface area contributed by atoms with Crippen LogP contribution in [0.15, 0.2) is 47.5 Å². The number of fused-ring (bicyclic) bond motifs is 7. The first kappa shape index (κ1) is 42.8. The van der Waals surface area contributed by atoms with Gasteiger partial charge in [0.1, 0.15) is 12.2 Å². The quantitative estimate of drug-likeness (QED) is 0.176. The molecule has 0 radical (unpaired) electrons. The number of esters is 1. The van der Waals surface area contributed by atoms with Crippen LogP contribution in [-0.4, -0.2) is 75.0 Å². The summed E-state index contributed by atoms with van der Waals surface area (Å²) in [6, 6.07) is 12.4. The van der Waals surface area contributed by atoms with Crippen molar-refractivity contribution in [2.45, 2.75) is 152 Å². The number of aliphatic hydroxyl groups is 1. The van der Waals surface area contributed by atoms with Crippen LogP contribution in [0.3, 0.4) is 0 Å². The van der Waals surface area contributed by atoms with Crippen molar-refractivity contribution in [2.75, 3.05) is 18.8 Å². The average Bonchev–Trinajstić information content (AvgIpc) is 3.88. The summed E-state index contributed by atoms with van der Waals surface area (Å²) in [4.78, 5) is 33.0. The number of aliphatic hydroxyl groups excluding tert-OH is 1. The third kappa shape index (κ3) is 11.1. The zero-order chi connectivity index (χ0) is 40.5. The van der Waals surface area contributed by atoms with Crippen molar-refractivity contribution in [1.82, 2.24) is 10.2 Å². The number of aliphatic imine (C=N–C) groups is 1. The van der Waals surface area contributed by atoms with Crippen molar-refractivity contribution < 1.29 is 29.3 Å². The Morgan fingerprint density at radius 3 is 2.66 bits per heavy atom. The van der Waals surface area contributed by atoms with Crippen LogP contribution in [0.5, 0.6) is 11.5 Å². The number of nitrogens with two attached hydrogens (primary N) is 1. The molecule has 10 nitrogen and oxygen atoms in total. The number of phenolic OH excluding ortho intramolecular Hbond substituents is 1. The maximum absolute atomic E-state index is 14.1. The lowest BCUT2D eigenvalue weighted by atomic mass is 9.78. The topological polar surface area (TPSA) is 147 Å². The molecule has 3 fully saturated rings. The molecule has 1 spiro atoms. The molecule has 58 heavy (non-hydrogen) atoms. The largest absolute Gasteiger partial charge is 0.504 e. The molecule has 5 atom stereocenters. The number of phenols is 1. The molecule has 5 N–H and O–H groups in total. The van der Waals surface area contributed by atoms with E-state index in [0.29, 0.717) is 68.9 Å². The second-order valence-corrected chi connectivity index (χ2v) is 20.4. The van der Waals surface area contributed by atoms with E-state index in [-0.39, 0.29) is 46.5 Å². The first-order chi connectivity index (χ1) is 28.1. The monoisotopic (exact) mass is 832 g/mol. The van der Waals surface area contributed by atoms with Crippen molar-refractivity contribution in [3.8, 4) is 11.5 Å². The lowest BCUT2D eigenvalue weighted by Gasteiger charge is -2.30. The van der Waals surface area contributed by atoms with E-state index in [1.807, 2.05) is 50.8 Å². The van der Waals surface area contributed by atoms with Gasteiger partial charge in [0, 0.05) is 67.6 Å². The second-order valence-electron chi connectivity index (χ2n) is 17.6. The number of nitrogens with one attached hydrogen (secondary N) is 1. The van der Waals surface area contributed by atoms with Gasteiger partial charge in [-0.1, -0.05) is 96.2 Å². The van der Waals surface area contributed by atoms with E-state index >= 15 is 0 Å². The van der Waals surface area contributed by atoms with E-state index in [2.05, 4.69) is 29.6 Å².